The number of hydrogen-bond donors (Lipinski definition) is 1. The first-order valence-electron chi connectivity index (χ1n) is 8.20. The van der Waals surface area contributed by atoms with Crippen LogP contribution in [0.5, 0.6) is 0 Å². The van der Waals surface area contributed by atoms with Gasteiger partial charge in [0.25, 0.3) is 0 Å². The summed E-state index contributed by atoms with van der Waals surface area (Å²) in [6.45, 7) is 5.14. The zero-order valence-electron chi connectivity index (χ0n) is 13.4. The van der Waals surface area contributed by atoms with Gasteiger partial charge in [0, 0.05) is 24.5 Å². The van der Waals surface area contributed by atoms with Gasteiger partial charge >= 0.3 is 0 Å². The van der Waals surface area contributed by atoms with Crippen molar-refractivity contribution in [3.8, 4) is 0 Å². The van der Waals surface area contributed by atoms with E-state index < -0.39 is 0 Å². The third-order valence-corrected chi connectivity index (χ3v) is 4.24. The van der Waals surface area contributed by atoms with Crippen LogP contribution in [-0.2, 0) is 0 Å². The number of nitrogens with one attached hydrogen (secondary N) is 1. The summed E-state index contributed by atoms with van der Waals surface area (Å²) in [7, 11) is 0. The minimum Gasteiger partial charge on any atom is -0.351 e. The van der Waals surface area contributed by atoms with Crippen molar-refractivity contribution in [2.75, 3.05) is 16.8 Å². The molecule has 0 unspecified atom stereocenters. The van der Waals surface area contributed by atoms with Gasteiger partial charge in [-0.2, -0.15) is 4.98 Å². The summed E-state index contributed by atoms with van der Waals surface area (Å²) in [5.41, 5.74) is 2.43. The average molecular weight is 296 g/mol. The maximum atomic E-state index is 4.72. The van der Waals surface area contributed by atoms with Crippen molar-refractivity contribution in [3.63, 3.8) is 0 Å². The highest BCUT2D eigenvalue weighted by molar-refractivity contribution is 5.61. The molecule has 0 radical (unpaired) electrons. The zero-order chi connectivity index (χ0) is 15.4. The Morgan fingerprint density at radius 3 is 2.77 bits per heavy atom. The molecule has 0 amide bonds. The van der Waals surface area contributed by atoms with Crippen LogP contribution in [0.4, 0.5) is 17.5 Å². The second-order valence-electron chi connectivity index (χ2n) is 5.95. The molecule has 116 valence electrons. The lowest BCUT2D eigenvalue weighted by atomic mass is 10.2. The van der Waals surface area contributed by atoms with Gasteiger partial charge in [0.15, 0.2) is 0 Å². The lowest BCUT2D eigenvalue weighted by Gasteiger charge is -2.23. The van der Waals surface area contributed by atoms with Gasteiger partial charge in [-0.1, -0.05) is 25.0 Å². The largest absolute Gasteiger partial charge is 0.351 e. The van der Waals surface area contributed by atoms with E-state index >= 15 is 0 Å². The normalized spacial score (nSPS) is 15.0. The van der Waals surface area contributed by atoms with Crippen LogP contribution in [0.2, 0.25) is 0 Å². The molecule has 1 aliphatic rings. The molecule has 4 heteroatoms. The summed E-state index contributed by atoms with van der Waals surface area (Å²) < 4.78 is 0. The van der Waals surface area contributed by atoms with E-state index in [1.807, 2.05) is 12.3 Å². The minimum atomic E-state index is 0.532. The fourth-order valence-electron chi connectivity index (χ4n) is 3.09. The topological polar surface area (TPSA) is 41.1 Å². The summed E-state index contributed by atoms with van der Waals surface area (Å²) >= 11 is 0. The molecule has 3 rings (SSSR count). The number of aromatic nitrogens is 2. The summed E-state index contributed by atoms with van der Waals surface area (Å²) in [5, 5.41) is 3.47. The van der Waals surface area contributed by atoms with Crippen molar-refractivity contribution in [1.29, 1.82) is 0 Å². The lowest BCUT2D eigenvalue weighted by molar-refractivity contribution is 0.743. The van der Waals surface area contributed by atoms with Crippen LogP contribution in [0.25, 0.3) is 0 Å². The molecule has 1 aromatic heterocycles. The smallest absolute Gasteiger partial charge is 0.224 e. The van der Waals surface area contributed by atoms with Gasteiger partial charge in [-0.25, -0.2) is 4.98 Å². The molecule has 1 N–H and O–H groups in total. The molecule has 0 spiro atoms. The van der Waals surface area contributed by atoms with Gasteiger partial charge in [0.05, 0.1) is 0 Å². The molecule has 1 aliphatic carbocycles. The van der Waals surface area contributed by atoms with E-state index in [2.05, 4.69) is 53.3 Å². The third kappa shape index (κ3) is 3.38. The van der Waals surface area contributed by atoms with Crippen molar-refractivity contribution in [1.82, 2.24) is 9.97 Å². The predicted molar refractivity (Wildman–Crippen MR) is 91.8 cm³/mol. The Labute approximate surface area is 132 Å². The van der Waals surface area contributed by atoms with Crippen molar-refractivity contribution >= 4 is 17.5 Å². The first-order valence-corrected chi connectivity index (χ1v) is 8.20. The molecular formula is C18H24N4. The quantitative estimate of drug-likeness (QED) is 0.893. The van der Waals surface area contributed by atoms with Gasteiger partial charge in [-0.15, -0.1) is 0 Å². The fraction of sp³-hybridized carbons (Fsp3) is 0.444. The number of nitrogens with zero attached hydrogens (tertiary/aromatic N) is 3. The number of hydrogen-bond acceptors (Lipinski definition) is 4. The van der Waals surface area contributed by atoms with E-state index in [-0.39, 0.29) is 0 Å². The summed E-state index contributed by atoms with van der Waals surface area (Å²) in [5.74, 6) is 1.69. The van der Waals surface area contributed by atoms with E-state index in [0.717, 1.165) is 18.3 Å². The van der Waals surface area contributed by atoms with Crippen LogP contribution < -0.4 is 10.2 Å². The molecular weight excluding hydrogens is 272 g/mol. The Hall–Kier alpha value is -2.10. The average Bonchev–Trinajstić information content (AvgIpc) is 3.01. The van der Waals surface area contributed by atoms with E-state index in [1.54, 1.807) is 0 Å². The molecule has 4 nitrogen and oxygen atoms in total. The van der Waals surface area contributed by atoms with Crippen LogP contribution in [0, 0.1) is 6.92 Å². The molecule has 1 heterocycles. The maximum Gasteiger partial charge on any atom is 0.224 e. The molecule has 1 fully saturated rings. The van der Waals surface area contributed by atoms with E-state index in [4.69, 9.17) is 4.98 Å². The molecule has 1 aromatic carbocycles. The monoisotopic (exact) mass is 296 g/mol. The number of aryl methyl sites for hydroxylation is 1. The SMILES string of the molecule is CCN(c1cccc(C)c1)c1ccnc(NC2CCCC2)n1. The first-order chi connectivity index (χ1) is 10.8. The maximum absolute atomic E-state index is 4.72. The number of rotatable bonds is 5. The van der Waals surface area contributed by atoms with Crippen LogP contribution in [0.3, 0.4) is 0 Å². The van der Waals surface area contributed by atoms with Crippen LogP contribution in [-0.4, -0.2) is 22.6 Å². The Kier molecular flexibility index (Phi) is 4.56. The Morgan fingerprint density at radius 1 is 1.23 bits per heavy atom. The number of anilines is 3. The summed E-state index contributed by atoms with van der Waals surface area (Å²) in [6.07, 6.45) is 6.91. The van der Waals surface area contributed by atoms with Gasteiger partial charge in [-0.3, -0.25) is 0 Å². The second-order valence-corrected chi connectivity index (χ2v) is 5.95. The Bertz CT molecular complexity index is 620. The standard InChI is InChI=1S/C18H24N4/c1-3-22(16-10-6-7-14(2)13-16)17-11-12-19-18(21-17)20-15-8-4-5-9-15/h6-7,10-13,15H,3-5,8-9H2,1-2H3,(H,19,20,21). The highest BCUT2D eigenvalue weighted by atomic mass is 15.2. The zero-order valence-corrected chi connectivity index (χ0v) is 13.4. The van der Waals surface area contributed by atoms with Crippen LogP contribution in [0.15, 0.2) is 36.5 Å². The molecule has 0 saturated heterocycles. The number of benzene rings is 1. The van der Waals surface area contributed by atoms with Crippen molar-refractivity contribution in [3.05, 3.63) is 42.1 Å². The molecule has 22 heavy (non-hydrogen) atoms. The highest BCUT2D eigenvalue weighted by Crippen LogP contribution is 2.26. The van der Waals surface area contributed by atoms with Gasteiger partial charge < -0.3 is 10.2 Å². The van der Waals surface area contributed by atoms with Gasteiger partial charge in [-0.05, 0) is 50.5 Å². The van der Waals surface area contributed by atoms with E-state index in [1.165, 1.54) is 36.9 Å². The van der Waals surface area contributed by atoms with Crippen molar-refractivity contribution in [2.45, 2.75) is 45.6 Å². The van der Waals surface area contributed by atoms with Gasteiger partial charge in [0.1, 0.15) is 5.82 Å². The minimum absolute atomic E-state index is 0.532. The fourth-order valence-corrected chi connectivity index (χ4v) is 3.09. The predicted octanol–water partition coefficient (Wildman–Crippen LogP) is 4.30. The van der Waals surface area contributed by atoms with Crippen LogP contribution in [0.1, 0.15) is 38.2 Å². The molecule has 0 atom stereocenters. The van der Waals surface area contributed by atoms with Crippen molar-refractivity contribution in [2.24, 2.45) is 0 Å². The Balaban J connectivity index is 1.82. The summed E-state index contributed by atoms with van der Waals surface area (Å²) in [4.78, 5) is 11.3. The molecule has 0 bridgehead atoms. The molecule has 2 aromatic rings. The lowest BCUT2D eigenvalue weighted by Crippen LogP contribution is -2.20. The highest BCUT2D eigenvalue weighted by Gasteiger charge is 2.16. The third-order valence-electron chi connectivity index (χ3n) is 4.24. The van der Waals surface area contributed by atoms with Gasteiger partial charge in [0.2, 0.25) is 5.95 Å². The van der Waals surface area contributed by atoms with Crippen molar-refractivity contribution < 1.29 is 0 Å². The first kappa shape index (κ1) is 14.8. The molecule has 1 saturated carbocycles. The second kappa shape index (κ2) is 6.77. The molecule has 0 aliphatic heterocycles. The van der Waals surface area contributed by atoms with E-state index in [0.29, 0.717) is 6.04 Å². The summed E-state index contributed by atoms with van der Waals surface area (Å²) in [6, 6.07) is 11.0. The van der Waals surface area contributed by atoms with E-state index in [9.17, 15) is 0 Å². The Morgan fingerprint density at radius 2 is 2.05 bits per heavy atom. The van der Waals surface area contributed by atoms with Crippen LogP contribution >= 0.6 is 0 Å².